The third-order valence-electron chi connectivity index (χ3n) is 3.25. The monoisotopic (exact) mass is 315 g/mol. The summed E-state index contributed by atoms with van der Waals surface area (Å²) in [4.78, 5) is 22.3. The molecule has 0 unspecified atom stereocenters. The van der Waals surface area contributed by atoms with Crippen LogP contribution in [0.2, 0.25) is 0 Å². The van der Waals surface area contributed by atoms with Gasteiger partial charge in [-0.25, -0.2) is 0 Å². The summed E-state index contributed by atoms with van der Waals surface area (Å²) < 4.78 is 5.19. The Morgan fingerprint density at radius 1 is 1.22 bits per heavy atom. The van der Waals surface area contributed by atoms with Gasteiger partial charge in [-0.2, -0.15) is 0 Å². The van der Waals surface area contributed by atoms with Gasteiger partial charge in [0, 0.05) is 12.1 Å². The molecule has 0 radical (unpaired) electrons. The number of nitro benzene ring substituents is 1. The summed E-state index contributed by atoms with van der Waals surface area (Å²) in [5.41, 5.74) is 1.80. The quantitative estimate of drug-likeness (QED) is 0.631. The first-order valence-electron chi connectivity index (χ1n) is 6.93. The number of amides is 1. The number of hydrogen-bond acceptors (Lipinski definition) is 5. The highest BCUT2D eigenvalue weighted by Crippen LogP contribution is 2.23. The van der Waals surface area contributed by atoms with E-state index in [0.29, 0.717) is 17.1 Å². The predicted octanol–water partition coefficient (Wildman–Crippen LogP) is 2.96. The lowest BCUT2D eigenvalue weighted by molar-refractivity contribution is -0.384. The molecule has 7 heteroatoms. The van der Waals surface area contributed by atoms with Crippen molar-refractivity contribution in [1.82, 2.24) is 0 Å². The van der Waals surface area contributed by atoms with Gasteiger partial charge in [0.15, 0.2) is 0 Å². The number of rotatable bonds is 6. The van der Waals surface area contributed by atoms with Crippen LogP contribution < -0.4 is 15.4 Å². The van der Waals surface area contributed by atoms with Crippen molar-refractivity contribution < 1.29 is 14.5 Å². The summed E-state index contributed by atoms with van der Waals surface area (Å²) in [6.45, 7) is 1.79. The summed E-state index contributed by atoms with van der Waals surface area (Å²) in [6, 6.07) is 11.6. The summed E-state index contributed by atoms with van der Waals surface area (Å²) in [7, 11) is 1.55. The fourth-order valence-corrected chi connectivity index (χ4v) is 2.02. The molecule has 0 aromatic heterocycles. The van der Waals surface area contributed by atoms with Crippen LogP contribution in [-0.4, -0.2) is 24.5 Å². The Balaban J connectivity index is 2.02. The third kappa shape index (κ3) is 4.19. The number of methoxy groups -OCH3 is 1. The second-order valence-corrected chi connectivity index (χ2v) is 4.86. The van der Waals surface area contributed by atoms with Crippen LogP contribution >= 0.6 is 0 Å². The number of hydrogen-bond donors (Lipinski definition) is 2. The van der Waals surface area contributed by atoms with E-state index in [0.717, 1.165) is 5.56 Å². The number of anilines is 2. The molecule has 7 nitrogen and oxygen atoms in total. The van der Waals surface area contributed by atoms with Crippen LogP contribution in [0.25, 0.3) is 0 Å². The first-order chi connectivity index (χ1) is 11.0. The Morgan fingerprint density at radius 3 is 2.65 bits per heavy atom. The lowest BCUT2D eigenvalue weighted by Crippen LogP contribution is -2.22. The van der Waals surface area contributed by atoms with Crippen molar-refractivity contribution in [3.8, 4) is 5.75 Å². The van der Waals surface area contributed by atoms with Crippen LogP contribution in [0.4, 0.5) is 17.1 Å². The molecular formula is C16H17N3O4. The maximum Gasteiger partial charge on any atom is 0.271 e. The molecule has 23 heavy (non-hydrogen) atoms. The van der Waals surface area contributed by atoms with Gasteiger partial charge in [-0.15, -0.1) is 0 Å². The van der Waals surface area contributed by atoms with Crippen LogP contribution in [0, 0.1) is 17.0 Å². The van der Waals surface area contributed by atoms with Crippen LogP contribution in [0.1, 0.15) is 5.56 Å². The molecule has 2 aromatic rings. The molecule has 0 aliphatic carbocycles. The zero-order chi connectivity index (χ0) is 16.8. The van der Waals surface area contributed by atoms with Crippen molar-refractivity contribution in [2.45, 2.75) is 6.92 Å². The number of nitro groups is 1. The van der Waals surface area contributed by atoms with Crippen LogP contribution in [0.15, 0.2) is 42.5 Å². The molecule has 0 aliphatic rings. The fourth-order valence-electron chi connectivity index (χ4n) is 2.02. The molecule has 0 aliphatic heterocycles. The maximum absolute atomic E-state index is 12.0. The van der Waals surface area contributed by atoms with Gasteiger partial charge >= 0.3 is 0 Å². The summed E-state index contributed by atoms with van der Waals surface area (Å²) >= 11 is 0. The van der Waals surface area contributed by atoms with Crippen LogP contribution in [-0.2, 0) is 4.79 Å². The summed E-state index contributed by atoms with van der Waals surface area (Å²) in [5, 5.41) is 16.4. The van der Waals surface area contributed by atoms with E-state index in [1.165, 1.54) is 12.1 Å². The van der Waals surface area contributed by atoms with Crippen molar-refractivity contribution in [3.05, 3.63) is 58.1 Å². The average molecular weight is 315 g/mol. The Morgan fingerprint density at radius 2 is 1.96 bits per heavy atom. The van der Waals surface area contributed by atoms with E-state index in [4.69, 9.17) is 4.74 Å². The van der Waals surface area contributed by atoms with Gasteiger partial charge in [-0.1, -0.05) is 18.2 Å². The van der Waals surface area contributed by atoms with Crippen LogP contribution in [0.5, 0.6) is 5.75 Å². The lowest BCUT2D eigenvalue weighted by atomic mass is 10.2. The molecule has 0 saturated heterocycles. The minimum Gasteiger partial charge on any atom is -0.495 e. The van der Waals surface area contributed by atoms with E-state index < -0.39 is 4.92 Å². The zero-order valence-electron chi connectivity index (χ0n) is 12.8. The molecule has 0 bridgehead atoms. The minimum absolute atomic E-state index is 0.0164. The van der Waals surface area contributed by atoms with Gasteiger partial charge in [-0.05, 0) is 24.6 Å². The van der Waals surface area contributed by atoms with Gasteiger partial charge < -0.3 is 15.4 Å². The number of benzene rings is 2. The van der Waals surface area contributed by atoms with E-state index in [1.54, 1.807) is 32.2 Å². The Bertz CT molecular complexity index is 731. The summed E-state index contributed by atoms with van der Waals surface area (Å²) in [5.74, 6) is 0.325. The number of para-hydroxylation sites is 2. The van der Waals surface area contributed by atoms with Gasteiger partial charge in [-0.3, -0.25) is 14.9 Å². The second-order valence-electron chi connectivity index (χ2n) is 4.86. The SMILES string of the molecule is COc1ccccc1NCC(=O)Nc1cc([N+](=O)[O-])ccc1C. The Kier molecular flexibility index (Phi) is 5.14. The van der Waals surface area contributed by atoms with Crippen molar-refractivity contribution in [3.63, 3.8) is 0 Å². The molecule has 120 valence electrons. The van der Waals surface area contributed by atoms with Crippen molar-refractivity contribution in [2.75, 3.05) is 24.3 Å². The van der Waals surface area contributed by atoms with Gasteiger partial charge in [0.2, 0.25) is 5.91 Å². The highest BCUT2D eigenvalue weighted by molar-refractivity contribution is 5.94. The maximum atomic E-state index is 12.0. The van der Waals surface area contributed by atoms with Gasteiger partial charge in [0.25, 0.3) is 5.69 Å². The molecule has 0 fully saturated rings. The second kappa shape index (κ2) is 7.26. The van der Waals surface area contributed by atoms with E-state index in [-0.39, 0.29) is 18.1 Å². The Hall–Kier alpha value is -3.09. The van der Waals surface area contributed by atoms with Crippen molar-refractivity contribution >= 4 is 23.0 Å². The van der Waals surface area contributed by atoms with Crippen molar-refractivity contribution in [1.29, 1.82) is 0 Å². The lowest BCUT2D eigenvalue weighted by Gasteiger charge is -2.12. The molecular weight excluding hydrogens is 298 g/mol. The molecule has 2 rings (SSSR count). The number of ether oxygens (including phenoxy) is 1. The van der Waals surface area contributed by atoms with Gasteiger partial charge in [0.1, 0.15) is 5.75 Å². The number of nitrogens with one attached hydrogen (secondary N) is 2. The van der Waals surface area contributed by atoms with E-state index in [9.17, 15) is 14.9 Å². The molecule has 0 heterocycles. The number of carbonyl (C=O) groups is 1. The Labute approximate surface area is 133 Å². The highest BCUT2D eigenvalue weighted by atomic mass is 16.6. The fraction of sp³-hybridized carbons (Fsp3) is 0.188. The summed E-state index contributed by atoms with van der Waals surface area (Å²) in [6.07, 6.45) is 0. The largest absolute Gasteiger partial charge is 0.495 e. The van der Waals surface area contributed by atoms with Crippen molar-refractivity contribution in [2.24, 2.45) is 0 Å². The standard InChI is InChI=1S/C16H17N3O4/c1-11-7-8-12(19(21)22)9-14(11)18-16(20)10-17-13-5-3-4-6-15(13)23-2/h3-9,17H,10H2,1-2H3,(H,18,20). The first-order valence-corrected chi connectivity index (χ1v) is 6.93. The minimum atomic E-state index is -0.498. The number of nitrogens with zero attached hydrogens (tertiary/aromatic N) is 1. The number of carbonyl (C=O) groups excluding carboxylic acids is 1. The predicted molar refractivity (Wildman–Crippen MR) is 87.9 cm³/mol. The average Bonchev–Trinajstić information content (AvgIpc) is 2.55. The topological polar surface area (TPSA) is 93.5 Å². The van der Waals surface area contributed by atoms with E-state index in [1.807, 2.05) is 12.1 Å². The van der Waals surface area contributed by atoms with Crippen LogP contribution in [0.3, 0.4) is 0 Å². The molecule has 0 atom stereocenters. The molecule has 2 N–H and O–H groups in total. The zero-order valence-corrected chi connectivity index (χ0v) is 12.8. The third-order valence-corrected chi connectivity index (χ3v) is 3.25. The molecule has 1 amide bonds. The molecule has 0 saturated carbocycles. The normalized spacial score (nSPS) is 10.0. The number of non-ortho nitro benzene ring substituents is 1. The first kappa shape index (κ1) is 16.3. The molecule has 0 spiro atoms. The molecule has 2 aromatic carbocycles. The van der Waals surface area contributed by atoms with E-state index in [2.05, 4.69) is 10.6 Å². The smallest absolute Gasteiger partial charge is 0.271 e. The van der Waals surface area contributed by atoms with E-state index >= 15 is 0 Å². The number of aryl methyl sites for hydroxylation is 1. The highest BCUT2D eigenvalue weighted by Gasteiger charge is 2.11. The van der Waals surface area contributed by atoms with Gasteiger partial charge in [0.05, 0.1) is 30.0 Å².